The number of aliphatic hydroxyl groups is 1. The molecule has 5 atom stereocenters. The summed E-state index contributed by atoms with van der Waals surface area (Å²) in [6, 6.07) is 12.8. The highest BCUT2D eigenvalue weighted by Crippen LogP contribution is 2.36. The highest BCUT2D eigenvalue weighted by Gasteiger charge is 2.44. The number of carbonyl (C=O) groups is 2. The summed E-state index contributed by atoms with van der Waals surface area (Å²) in [5, 5.41) is 17.3. The second-order valence-corrected chi connectivity index (χ2v) is 15.9. The molecule has 0 aromatic heterocycles. The van der Waals surface area contributed by atoms with Crippen LogP contribution < -0.4 is 20.1 Å². The number of ether oxygens (including phenoxy) is 6. The number of hydrogen-bond acceptors (Lipinski definition) is 11. The number of nitrogens with zero attached hydrogens (tertiary/aromatic N) is 1. The molecule has 2 amide bonds. The zero-order valence-electron chi connectivity index (χ0n) is 29.6. The number of rotatable bonds is 18. The van der Waals surface area contributed by atoms with Gasteiger partial charge in [0.2, 0.25) is 16.8 Å². The van der Waals surface area contributed by atoms with Gasteiger partial charge in [-0.15, -0.1) is 0 Å². The van der Waals surface area contributed by atoms with Crippen molar-refractivity contribution in [2.75, 3.05) is 46.2 Å². The fourth-order valence-corrected chi connectivity index (χ4v) is 8.14. The number of sulfonamides is 1. The van der Waals surface area contributed by atoms with Crippen LogP contribution in [-0.2, 0) is 35.4 Å². The van der Waals surface area contributed by atoms with Gasteiger partial charge in [0.1, 0.15) is 6.10 Å². The summed E-state index contributed by atoms with van der Waals surface area (Å²) in [5.41, 5.74) is 0.231. The molecule has 14 nitrogen and oxygen atoms in total. The minimum atomic E-state index is -4.20. The van der Waals surface area contributed by atoms with Gasteiger partial charge in [0.15, 0.2) is 17.8 Å². The molecular formula is C36H51N3O11S. The van der Waals surface area contributed by atoms with E-state index < -0.39 is 52.2 Å². The van der Waals surface area contributed by atoms with Gasteiger partial charge in [-0.1, -0.05) is 57.5 Å². The Labute approximate surface area is 300 Å². The van der Waals surface area contributed by atoms with Crippen molar-refractivity contribution in [3.8, 4) is 11.5 Å². The second kappa shape index (κ2) is 17.7. The first-order valence-corrected chi connectivity index (χ1v) is 19.1. The van der Waals surface area contributed by atoms with E-state index in [-0.39, 0.29) is 50.3 Å². The van der Waals surface area contributed by atoms with Gasteiger partial charge in [-0.2, -0.15) is 4.31 Å². The van der Waals surface area contributed by atoms with Gasteiger partial charge in [-0.25, -0.2) is 18.0 Å². The Bertz CT molecular complexity index is 1560. The number of hydrogen-bond donors (Lipinski definition) is 3. The molecule has 15 heteroatoms. The summed E-state index contributed by atoms with van der Waals surface area (Å²) in [5.74, 6) is 0.675. The van der Waals surface area contributed by atoms with Crippen molar-refractivity contribution in [2.24, 2.45) is 11.3 Å². The van der Waals surface area contributed by atoms with Crippen LogP contribution in [0.5, 0.6) is 11.5 Å². The average Bonchev–Trinajstić information content (AvgIpc) is 3.85. The molecule has 51 heavy (non-hydrogen) atoms. The van der Waals surface area contributed by atoms with Gasteiger partial charge in [-0.3, -0.25) is 0 Å². The zero-order chi connectivity index (χ0) is 36.4. The second-order valence-electron chi connectivity index (χ2n) is 14.0. The van der Waals surface area contributed by atoms with Crippen LogP contribution in [0.3, 0.4) is 0 Å². The smallest absolute Gasteiger partial charge is 0.407 e. The molecule has 0 saturated carbocycles. The number of unbranched alkanes of at least 4 members (excludes halogenated alkanes) is 1. The van der Waals surface area contributed by atoms with Crippen LogP contribution in [0.25, 0.3) is 0 Å². The summed E-state index contributed by atoms with van der Waals surface area (Å²) in [6.07, 6.45) is 0.293. The first-order valence-electron chi connectivity index (χ1n) is 17.7. The van der Waals surface area contributed by atoms with E-state index in [1.54, 1.807) is 6.07 Å². The number of aliphatic hydroxyl groups excluding tert-OH is 1. The normalized spacial score (nSPS) is 20.8. The van der Waals surface area contributed by atoms with Crippen LogP contribution in [0.4, 0.5) is 9.59 Å². The van der Waals surface area contributed by atoms with Crippen LogP contribution in [-0.4, -0.2) is 101 Å². The standard InChI is InChI=1S/C36H51N3O11S/c1-4-5-16-37-34(41)46-17-9-15-36(2,3)23-39(51(43,44)26-12-13-30-31(20-26)49-24-48-30)21-29(40)28(19-25-10-7-6-8-11-25)38-35(42)50-32-22-47-33-27(32)14-18-45-33/h6-8,10-13,20,27-29,32-33,40H,4-5,9,14-19,21-24H2,1-3H3,(H,37,41)(H,38,42)/t27-,28-,29+,32-,33+/m0/s1. The molecule has 2 aromatic carbocycles. The summed E-state index contributed by atoms with van der Waals surface area (Å²) in [7, 11) is -4.20. The molecule has 0 unspecified atom stereocenters. The van der Waals surface area contributed by atoms with Crippen molar-refractivity contribution in [1.82, 2.24) is 14.9 Å². The summed E-state index contributed by atoms with van der Waals surface area (Å²) in [6.45, 7) is 6.99. The molecule has 0 spiro atoms. The molecule has 3 heterocycles. The fraction of sp³-hybridized carbons (Fsp3) is 0.611. The lowest BCUT2D eigenvalue weighted by atomic mass is 9.87. The van der Waals surface area contributed by atoms with E-state index >= 15 is 0 Å². The predicted molar refractivity (Wildman–Crippen MR) is 186 cm³/mol. The van der Waals surface area contributed by atoms with E-state index in [0.717, 1.165) is 18.4 Å². The van der Waals surface area contributed by atoms with Crippen molar-refractivity contribution in [3.63, 3.8) is 0 Å². The third-order valence-electron chi connectivity index (χ3n) is 9.32. The number of amides is 2. The quantitative estimate of drug-likeness (QED) is 0.188. The number of nitrogens with one attached hydrogen (secondary N) is 2. The molecule has 0 bridgehead atoms. The number of benzene rings is 2. The Balaban J connectivity index is 1.31. The third kappa shape index (κ3) is 10.7. The molecule has 2 saturated heterocycles. The van der Waals surface area contributed by atoms with E-state index in [1.807, 2.05) is 51.1 Å². The molecule has 3 aliphatic heterocycles. The third-order valence-corrected chi connectivity index (χ3v) is 11.1. The maximum absolute atomic E-state index is 14.3. The number of fused-ring (bicyclic) bond motifs is 2. The maximum atomic E-state index is 14.3. The summed E-state index contributed by atoms with van der Waals surface area (Å²) < 4.78 is 63.0. The fourth-order valence-electron chi connectivity index (χ4n) is 6.48. The van der Waals surface area contributed by atoms with Crippen LogP contribution >= 0.6 is 0 Å². The summed E-state index contributed by atoms with van der Waals surface area (Å²) in [4.78, 5) is 25.2. The van der Waals surface area contributed by atoms with Crippen molar-refractivity contribution < 1.29 is 51.5 Å². The predicted octanol–water partition coefficient (Wildman–Crippen LogP) is 4.20. The van der Waals surface area contributed by atoms with Crippen molar-refractivity contribution in [2.45, 2.75) is 88.7 Å². The van der Waals surface area contributed by atoms with Crippen molar-refractivity contribution >= 4 is 22.2 Å². The molecule has 5 rings (SSSR count). The van der Waals surface area contributed by atoms with Crippen molar-refractivity contribution in [1.29, 1.82) is 0 Å². The lowest BCUT2D eigenvalue weighted by Gasteiger charge is -2.35. The lowest BCUT2D eigenvalue weighted by molar-refractivity contribution is -0.0907. The maximum Gasteiger partial charge on any atom is 0.407 e. The van der Waals surface area contributed by atoms with E-state index in [1.165, 1.54) is 16.4 Å². The molecule has 2 aromatic rings. The minimum absolute atomic E-state index is 0.0165. The highest BCUT2D eigenvalue weighted by atomic mass is 32.2. The Kier molecular flexibility index (Phi) is 13.4. The average molecular weight is 734 g/mol. The van der Waals surface area contributed by atoms with Gasteiger partial charge in [0.05, 0.1) is 42.8 Å². The van der Waals surface area contributed by atoms with Crippen LogP contribution in [0, 0.1) is 11.3 Å². The van der Waals surface area contributed by atoms with Crippen LogP contribution in [0.15, 0.2) is 53.4 Å². The first kappa shape index (κ1) is 38.6. The molecule has 0 aliphatic carbocycles. The van der Waals surface area contributed by atoms with Crippen molar-refractivity contribution in [3.05, 3.63) is 54.1 Å². The van der Waals surface area contributed by atoms with Gasteiger partial charge >= 0.3 is 12.2 Å². The monoisotopic (exact) mass is 733 g/mol. The first-order chi connectivity index (χ1) is 24.4. The van der Waals surface area contributed by atoms with Crippen LogP contribution in [0.2, 0.25) is 0 Å². The van der Waals surface area contributed by atoms with E-state index in [9.17, 15) is 23.1 Å². The largest absolute Gasteiger partial charge is 0.454 e. The van der Waals surface area contributed by atoms with E-state index in [0.29, 0.717) is 43.9 Å². The summed E-state index contributed by atoms with van der Waals surface area (Å²) >= 11 is 0. The number of carbonyl (C=O) groups excluding carboxylic acids is 2. The lowest BCUT2D eigenvalue weighted by Crippen LogP contribution is -2.52. The molecule has 2 fully saturated rings. The zero-order valence-corrected chi connectivity index (χ0v) is 30.4. The molecule has 0 radical (unpaired) electrons. The van der Waals surface area contributed by atoms with E-state index in [2.05, 4.69) is 10.6 Å². The van der Waals surface area contributed by atoms with Gasteiger partial charge < -0.3 is 44.2 Å². The highest BCUT2D eigenvalue weighted by molar-refractivity contribution is 7.89. The molecule has 3 aliphatic rings. The van der Waals surface area contributed by atoms with Gasteiger partial charge in [0.25, 0.3) is 0 Å². The Morgan fingerprint density at radius 1 is 1.06 bits per heavy atom. The number of alkyl carbamates (subject to hydrolysis) is 2. The molecule has 3 N–H and O–H groups in total. The Hall–Kier alpha value is -3.63. The Morgan fingerprint density at radius 2 is 1.84 bits per heavy atom. The Morgan fingerprint density at radius 3 is 2.63 bits per heavy atom. The topological polar surface area (TPSA) is 171 Å². The van der Waals surface area contributed by atoms with Gasteiger partial charge in [0, 0.05) is 25.7 Å². The SMILES string of the molecule is CCCCNC(=O)OCCCC(C)(C)CN(C[C@@H](O)[C@H](Cc1ccccc1)NC(=O)O[C@H]1CO[C@H]2OCC[C@H]21)S(=O)(=O)c1ccc2c(c1)OCO2. The molecule has 282 valence electrons. The molecular weight excluding hydrogens is 682 g/mol. The van der Waals surface area contributed by atoms with Gasteiger partial charge in [-0.05, 0) is 55.2 Å². The minimum Gasteiger partial charge on any atom is -0.454 e. The van der Waals surface area contributed by atoms with E-state index in [4.69, 9.17) is 28.4 Å². The van der Waals surface area contributed by atoms with Crippen LogP contribution in [0.1, 0.15) is 58.4 Å².